The van der Waals surface area contributed by atoms with Crippen LogP contribution in [0.2, 0.25) is 5.02 Å². The largest absolute Gasteiger partial charge is 0.355 e. The summed E-state index contributed by atoms with van der Waals surface area (Å²) in [5.41, 5.74) is 1.93. The molecule has 1 fully saturated rings. The summed E-state index contributed by atoms with van der Waals surface area (Å²) in [6, 6.07) is 11.4. The highest BCUT2D eigenvalue weighted by molar-refractivity contribution is 7.89. The highest BCUT2D eigenvalue weighted by Gasteiger charge is 2.37. The van der Waals surface area contributed by atoms with Crippen molar-refractivity contribution in [1.82, 2.24) is 9.46 Å². The molecule has 1 saturated heterocycles. The number of nitrogens with zero attached hydrogens (tertiary/aromatic N) is 2. The number of carbonyl (C=O) groups excluding carboxylic acids is 1. The maximum Gasteiger partial charge on any atom is 0.248 e. The van der Waals surface area contributed by atoms with Crippen LogP contribution in [0.15, 0.2) is 51.9 Å². The van der Waals surface area contributed by atoms with E-state index in [4.69, 9.17) is 16.1 Å². The zero-order valence-corrected chi connectivity index (χ0v) is 20.9. The molecule has 0 aliphatic carbocycles. The maximum absolute atomic E-state index is 14.0. The first-order valence-electron chi connectivity index (χ1n) is 11.1. The van der Waals surface area contributed by atoms with Gasteiger partial charge in [-0.05, 0) is 62.6 Å². The molecule has 2 aromatic carbocycles. The zero-order valence-electron chi connectivity index (χ0n) is 19.3. The van der Waals surface area contributed by atoms with Crippen molar-refractivity contribution in [2.75, 3.05) is 18.4 Å². The van der Waals surface area contributed by atoms with E-state index in [0.29, 0.717) is 23.6 Å². The van der Waals surface area contributed by atoms with Gasteiger partial charge in [0.15, 0.2) is 10.7 Å². The van der Waals surface area contributed by atoms with Gasteiger partial charge in [-0.25, -0.2) is 12.8 Å². The number of amides is 1. The van der Waals surface area contributed by atoms with E-state index in [0.717, 1.165) is 5.56 Å². The van der Waals surface area contributed by atoms with Gasteiger partial charge < -0.3 is 9.84 Å². The number of hydrogen-bond acceptors (Lipinski definition) is 5. The van der Waals surface area contributed by atoms with E-state index in [1.807, 2.05) is 6.92 Å². The van der Waals surface area contributed by atoms with E-state index >= 15 is 0 Å². The fraction of sp³-hybridized carbons (Fsp3) is 0.280. The van der Waals surface area contributed by atoms with Crippen LogP contribution in [0.1, 0.15) is 35.4 Å². The number of anilines is 1. The van der Waals surface area contributed by atoms with Gasteiger partial charge in [-0.1, -0.05) is 41.0 Å². The zero-order chi connectivity index (χ0) is 25.2. The van der Waals surface area contributed by atoms with Gasteiger partial charge >= 0.3 is 0 Å². The first-order valence-corrected chi connectivity index (χ1v) is 12.9. The minimum Gasteiger partial charge on any atom is -0.355 e. The van der Waals surface area contributed by atoms with Crippen LogP contribution in [-0.4, -0.2) is 36.9 Å². The van der Waals surface area contributed by atoms with Gasteiger partial charge in [0.25, 0.3) is 0 Å². The quantitative estimate of drug-likeness (QED) is 0.479. The van der Waals surface area contributed by atoms with Gasteiger partial charge in [-0.3, -0.25) is 4.79 Å². The van der Waals surface area contributed by atoms with Gasteiger partial charge in [-0.2, -0.15) is 4.31 Å². The van der Waals surface area contributed by atoms with E-state index < -0.39 is 21.8 Å². The summed E-state index contributed by atoms with van der Waals surface area (Å²) < 4.78 is 47.6. The highest BCUT2D eigenvalue weighted by atomic mass is 35.5. The maximum atomic E-state index is 14.0. The molecule has 0 saturated carbocycles. The number of carbonyl (C=O) groups is 1. The summed E-state index contributed by atoms with van der Waals surface area (Å²) in [5.74, 6) is -1.24. The Morgan fingerprint density at radius 3 is 2.74 bits per heavy atom. The number of piperidine rings is 1. The van der Waals surface area contributed by atoms with Crippen molar-refractivity contribution >= 4 is 45.4 Å². The summed E-state index contributed by atoms with van der Waals surface area (Å²) >= 11 is 6.15. The molecule has 1 aliphatic heterocycles. The molecule has 10 heteroatoms. The third-order valence-electron chi connectivity index (χ3n) is 5.94. The smallest absolute Gasteiger partial charge is 0.248 e. The van der Waals surface area contributed by atoms with E-state index in [2.05, 4.69) is 10.5 Å². The number of aromatic nitrogens is 1. The predicted octanol–water partition coefficient (Wildman–Crippen LogP) is 5.29. The van der Waals surface area contributed by atoms with E-state index in [1.54, 1.807) is 36.4 Å². The molecule has 0 spiro atoms. The number of benzene rings is 2. The SMILES string of the molecule is Cc1ccc(NC(=O)[C@H]2CCCN(S(=O)(=O)c3c(C)noc3/C=C/c3ccccc3F)C2)cc1Cl. The lowest BCUT2D eigenvalue weighted by Gasteiger charge is -2.31. The van der Waals surface area contributed by atoms with E-state index in [9.17, 15) is 17.6 Å². The Morgan fingerprint density at radius 2 is 2.00 bits per heavy atom. The van der Waals surface area contributed by atoms with Crippen LogP contribution in [0.4, 0.5) is 10.1 Å². The summed E-state index contributed by atoms with van der Waals surface area (Å²) in [5, 5.41) is 7.19. The Labute approximate surface area is 208 Å². The third kappa shape index (κ3) is 5.47. The Morgan fingerprint density at radius 1 is 1.23 bits per heavy atom. The second kappa shape index (κ2) is 10.3. The Hall–Kier alpha value is -3.01. The summed E-state index contributed by atoms with van der Waals surface area (Å²) in [4.78, 5) is 12.8. The number of rotatable bonds is 6. The Kier molecular flexibility index (Phi) is 7.39. The van der Waals surface area contributed by atoms with Crippen LogP contribution in [0, 0.1) is 25.6 Å². The summed E-state index contributed by atoms with van der Waals surface area (Å²) in [6.07, 6.45) is 3.91. The monoisotopic (exact) mass is 517 g/mol. The minimum atomic E-state index is -4.02. The first-order chi connectivity index (χ1) is 16.7. The van der Waals surface area contributed by atoms with Crippen molar-refractivity contribution in [3.63, 3.8) is 0 Å². The normalized spacial score (nSPS) is 17.1. The Bertz CT molecular complexity index is 1390. The topological polar surface area (TPSA) is 92.5 Å². The fourth-order valence-electron chi connectivity index (χ4n) is 3.99. The average Bonchev–Trinajstić information content (AvgIpc) is 3.22. The molecule has 1 aromatic heterocycles. The van der Waals surface area contributed by atoms with Crippen LogP contribution in [-0.2, 0) is 14.8 Å². The van der Waals surface area contributed by atoms with Crippen LogP contribution >= 0.6 is 11.6 Å². The van der Waals surface area contributed by atoms with Crippen molar-refractivity contribution in [3.8, 4) is 0 Å². The molecule has 7 nitrogen and oxygen atoms in total. The van der Waals surface area contributed by atoms with Crippen LogP contribution in [0.25, 0.3) is 12.2 Å². The lowest BCUT2D eigenvalue weighted by molar-refractivity contribution is -0.120. The van der Waals surface area contributed by atoms with Gasteiger partial charge in [0.1, 0.15) is 11.5 Å². The van der Waals surface area contributed by atoms with Crippen LogP contribution < -0.4 is 5.32 Å². The van der Waals surface area contributed by atoms with Crippen LogP contribution in [0.3, 0.4) is 0 Å². The molecule has 0 radical (unpaired) electrons. The van der Waals surface area contributed by atoms with Gasteiger partial charge in [0.05, 0.1) is 5.92 Å². The van der Waals surface area contributed by atoms with Crippen molar-refractivity contribution in [2.45, 2.75) is 31.6 Å². The average molecular weight is 518 g/mol. The molecule has 35 heavy (non-hydrogen) atoms. The number of aryl methyl sites for hydroxylation is 2. The third-order valence-corrected chi connectivity index (χ3v) is 8.38. The van der Waals surface area contributed by atoms with E-state index in [1.165, 1.54) is 29.4 Å². The van der Waals surface area contributed by atoms with E-state index in [-0.39, 0.29) is 40.9 Å². The standard InChI is InChI=1S/C25H25ClFN3O4S/c1-16-9-11-20(14-21(16)26)28-25(31)19-7-5-13-30(15-19)35(32,33)24-17(2)29-34-23(24)12-10-18-6-3-4-8-22(18)27/h3-4,6,8-12,14,19H,5,7,13,15H2,1-2H3,(H,28,31)/b12-10+/t19-/m0/s1. The van der Waals surface area contributed by atoms with Gasteiger partial charge in [0, 0.05) is 29.4 Å². The molecule has 1 amide bonds. The highest BCUT2D eigenvalue weighted by Crippen LogP contribution is 2.30. The number of nitrogens with one attached hydrogen (secondary N) is 1. The van der Waals surface area contributed by atoms with Crippen molar-refractivity contribution in [1.29, 1.82) is 0 Å². The molecular weight excluding hydrogens is 493 g/mol. The number of halogens is 2. The molecule has 0 bridgehead atoms. The first kappa shape index (κ1) is 25.1. The van der Waals surface area contributed by atoms with Crippen molar-refractivity contribution < 1.29 is 22.1 Å². The number of hydrogen-bond donors (Lipinski definition) is 1. The lowest BCUT2D eigenvalue weighted by Crippen LogP contribution is -2.43. The minimum absolute atomic E-state index is 0.00613. The van der Waals surface area contributed by atoms with Crippen LogP contribution in [0.5, 0.6) is 0 Å². The predicted molar refractivity (Wildman–Crippen MR) is 133 cm³/mol. The van der Waals surface area contributed by atoms with Crippen molar-refractivity contribution in [2.24, 2.45) is 5.92 Å². The van der Waals surface area contributed by atoms with Gasteiger partial charge in [-0.15, -0.1) is 0 Å². The molecule has 184 valence electrons. The Balaban J connectivity index is 1.54. The summed E-state index contributed by atoms with van der Waals surface area (Å²) in [7, 11) is -4.02. The molecule has 1 aliphatic rings. The molecule has 0 unspecified atom stereocenters. The molecule has 3 aromatic rings. The summed E-state index contributed by atoms with van der Waals surface area (Å²) in [6.45, 7) is 3.69. The lowest BCUT2D eigenvalue weighted by atomic mass is 9.98. The fourth-order valence-corrected chi connectivity index (χ4v) is 5.95. The van der Waals surface area contributed by atoms with Gasteiger partial charge in [0.2, 0.25) is 15.9 Å². The molecule has 1 atom stereocenters. The second-order valence-corrected chi connectivity index (χ2v) is 10.8. The number of sulfonamides is 1. The second-order valence-electron chi connectivity index (χ2n) is 8.47. The van der Waals surface area contributed by atoms with Crippen molar-refractivity contribution in [3.05, 3.63) is 75.9 Å². The molecular formula is C25H25ClFN3O4S. The molecule has 4 rings (SSSR count). The molecule has 1 N–H and O–H groups in total. The molecule has 2 heterocycles.